The van der Waals surface area contributed by atoms with E-state index in [0.29, 0.717) is 10.6 Å². The molecule has 0 spiro atoms. The Morgan fingerprint density at radius 1 is 1.29 bits per heavy atom. The molecule has 1 aliphatic heterocycles. The van der Waals surface area contributed by atoms with Crippen LogP contribution < -0.4 is 5.32 Å². The van der Waals surface area contributed by atoms with Crippen molar-refractivity contribution in [2.45, 2.75) is 38.8 Å². The van der Waals surface area contributed by atoms with Crippen molar-refractivity contribution in [1.82, 2.24) is 10.2 Å². The lowest BCUT2D eigenvalue weighted by atomic mass is 10.1. The summed E-state index contributed by atoms with van der Waals surface area (Å²) in [7, 11) is 0. The van der Waals surface area contributed by atoms with Crippen molar-refractivity contribution in [2.75, 3.05) is 13.1 Å². The number of rotatable bonds is 4. The van der Waals surface area contributed by atoms with E-state index in [1.54, 1.807) is 6.92 Å². The number of hydrogen-bond donors (Lipinski definition) is 1. The van der Waals surface area contributed by atoms with Crippen LogP contribution in [0.25, 0.3) is 0 Å². The Morgan fingerprint density at radius 2 is 1.90 bits per heavy atom. The summed E-state index contributed by atoms with van der Waals surface area (Å²) in [6.07, 6.45) is 2.10. The minimum absolute atomic E-state index is 0.00308. The van der Waals surface area contributed by atoms with E-state index in [0.717, 1.165) is 25.9 Å². The molecular formula is C15H19Cl2FN2O. The van der Waals surface area contributed by atoms with E-state index in [2.05, 4.69) is 5.32 Å². The molecule has 1 aliphatic rings. The van der Waals surface area contributed by atoms with Crippen molar-refractivity contribution >= 4 is 29.1 Å². The molecule has 0 aliphatic carbocycles. The van der Waals surface area contributed by atoms with Gasteiger partial charge in [0.25, 0.3) is 0 Å². The molecule has 1 heterocycles. The molecule has 2 unspecified atom stereocenters. The molecule has 21 heavy (non-hydrogen) atoms. The molecule has 0 bridgehead atoms. The zero-order chi connectivity index (χ0) is 15.6. The number of amides is 1. The maximum absolute atomic E-state index is 13.6. The van der Waals surface area contributed by atoms with E-state index in [4.69, 9.17) is 23.2 Å². The first-order chi connectivity index (χ1) is 9.91. The minimum atomic E-state index is -0.511. The van der Waals surface area contributed by atoms with Crippen LogP contribution in [0.15, 0.2) is 12.1 Å². The predicted octanol–water partition coefficient (Wildman–Crippen LogP) is 3.79. The highest BCUT2D eigenvalue weighted by Gasteiger charge is 2.26. The Hall–Kier alpha value is -0.840. The van der Waals surface area contributed by atoms with Crippen molar-refractivity contribution in [3.05, 3.63) is 33.6 Å². The second-order valence-corrected chi connectivity index (χ2v) is 6.18. The van der Waals surface area contributed by atoms with Gasteiger partial charge in [0.2, 0.25) is 5.91 Å². The van der Waals surface area contributed by atoms with Crippen molar-refractivity contribution in [3.8, 4) is 0 Å². The number of nitrogens with one attached hydrogen (secondary N) is 1. The van der Waals surface area contributed by atoms with Gasteiger partial charge in [0, 0.05) is 29.7 Å². The number of carbonyl (C=O) groups excluding carboxylic acids is 1. The number of likely N-dealkylation sites (tertiary alicyclic amines) is 1. The lowest BCUT2D eigenvalue weighted by molar-refractivity contribution is -0.132. The highest BCUT2D eigenvalue weighted by Crippen LogP contribution is 2.32. The largest absolute Gasteiger partial charge is 0.341 e. The molecule has 1 amide bonds. The average molecular weight is 333 g/mol. The zero-order valence-corrected chi connectivity index (χ0v) is 13.6. The summed E-state index contributed by atoms with van der Waals surface area (Å²) in [5.41, 5.74) is 0.486. The van der Waals surface area contributed by atoms with Gasteiger partial charge in [0.15, 0.2) is 0 Å². The molecule has 1 aromatic carbocycles. The van der Waals surface area contributed by atoms with Crippen molar-refractivity contribution in [2.24, 2.45) is 0 Å². The monoisotopic (exact) mass is 332 g/mol. The summed E-state index contributed by atoms with van der Waals surface area (Å²) in [5, 5.41) is 3.55. The lowest BCUT2D eigenvalue weighted by Gasteiger charge is -2.25. The first-order valence-electron chi connectivity index (χ1n) is 7.10. The van der Waals surface area contributed by atoms with Crippen molar-refractivity contribution in [1.29, 1.82) is 0 Å². The SMILES string of the molecule is CC(NC(C)c1c(Cl)ccc(F)c1Cl)C(=O)N1CCCC1. The Morgan fingerprint density at radius 3 is 2.52 bits per heavy atom. The van der Waals surface area contributed by atoms with Crippen LogP contribution in [0.5, 0.6) is 0 Å². The number of hydrogen-bond acceptors (Lipinski definition) is 2. The summed E-state index contributed by atoms with van der Waals surface area (Å²) in [5.74, 6) is -0.453. The zero-order valence-electron chi connectivity index (χ0n) is 12.1. The van der Waals surface area contributed by atoms with Crippen LogP contribution in [0.1, 0.15) is 38.3 Å². The molecular weight excluding hydrogens is 314 g/mol. The fraction of sp³-hybridized carbons (Fsp3) is 0.533. The summed E-state index contributed by atoms with van der Waals surface area (Å²) < 4.78 is 13.6. The number of halogens is 3. The molecule has 2 atom stereocenters. The maximum Gasteiger partial charge on any atom is 0.239 e. The first-order valence-corrected chi connectivity index (χ1v) is 7.85. The van der Waals surface area contributed by atoms with Gasteiger partial charge in [0.1, 0.15) is 5.82 Å². The third-order valence-corrected chi connectivity index (χ3v) is 4.51. The van der Waals surface area contributed by atoms with Gasteiger partial charge in [-0.1, -0.05) is 23.2 Å². The second-order valence-electron chi connectivity index (χ2n) is 5.40. The Balaban J connectivity index is 2.09. The van der Waals surface area contributed by atoms with Gasteiger partial charge in [0.05, 0.1) is 11.1 Å². The Labute approximate surface area is 134 Å². The fourth-order valence-corrected chi connectivity index (χ4v) is 3.38. The quantitative estimate of drug-likeness (QED) is 0.850. The topological polar surface area (TPSA) is 32.3 Å². The van der Waals surface area contributed by atoms with Gasteiger partial charge < -0.3 is 4.90 Å². The van der Waals surface area contributed by atoms with Crippen molar-refractivity contribution in [3.63, 3.8) is 0 Å². The number of nitrogens with zero attached hydrogens (tertiary/aromatic N) is 1. The Kier molecular flexibility index (Phi) is 5.47. The third-order valence-electron chi connectivity index (χ3n) is 3.80. The minimum Gasteiger partial charge on any atom is -0.341 e. The maximum atomic E-state index is 13.6. The van der Waals surface area contributed by atoms with Gasteiger partial charge >= 0.3 is 0 Å². The molecule has 0 radical (unpaired) electrons. The molecule has 0 saturated carbocycles. The van der Waals surface area contributed by atoms with Gasteiger partial charge in [-0.05, 0) is 38.8 Å². The van der Waals surface area contributed by atoms with Crippen LogP contribution in [0.2, 0.25) is 10.0 Å². The van der Waals surface area contributed by atoms with Crippen LogP contribution in [0.4, 0.5) is 4.39 Å². The second kappa shape index (κ2) is 6.95. The lowest BCUT2D eigenvalue weighted by Crippen LogP contribution is -2.44. The summed E-state index contributed by atoms with van der Waals surface area (Å²) in [4.78, 5) is 14.1. The first kappa shape index (κ1) is 16.5. The molecule has 1 saturated heterocycles. The average Bonchev–Trinajstić information content (AvgIpc) is 2.96. The molecule has 1 aromatic rings. The van der Waals surface area contributed by atoms with E-state index in [1.165, 1.54) is 12.1 Å². The smallest absolute Gasteiger partial charge is 0.239 e. The van der Waals surface area contributed by atoms with E-state index in [-0.39, 0.29) is 23.0 Å². The highest BCUT2D eigenvalue weighted by molar-refractivity contribution is 6.36. The van der Waals surface area contributed by atoms with Gasteiger partial charge in [-0.3, -0.25) is 10.1 Å². The van der Waals surface area contributed by atoms with Crippen LogP contribution >= 0.6 is 23.2 Å². The summed E-state index contributed by atoms with van der Waals surface area (Å²) >= 11 is 12.1. The molecule has 1 N–H and O–H groups in total. The number of benzene rings is 1. The van der Waals surface area contributed by atoms with Crippen LogP contribution in [-0.4, -0.2) is 29.9 Å². The normalized spacial score (nSPS) is 17.9. The molecule has 3 nitrogen and oxygen atoms in total. The van der Waals surface area contributed by atoms with Gasteiger partial charge in [-0.25, -0.2) is 4.39 Å². The standard InChI is InChI=1S/C15H19Cl2FN2O/c1-9(13-11(16)5-6-12(18)14(13)17)19-10(2)15(21)20-7-3-4-8-20/h5-6,9-10,19H,3-4,7-8H2,1-2H3. The molecule has 1 fully saturated rings. The van der Waals surface area contributed by atoms with E-state index < -0.39 is 5.82 Å². The van der Waals surface area contributed by atoms with E-state index in [9.17, 15) is 9.18 Å². The molecule has 2 rings (SSSR count). The predicted molar refractivity (Wildman–Crippen MR) is 83.2 cm³/mol. The van der Waals surface area contributed by atoms with Gasteiger partial charge in [-0.15, -0.1) is 0 Å². The van der Waals surface area contributed by atoms with Crippen LogP contribution in [-0.2, 0) is 4.79 Å². The Bertz CT molecular complexity index is 533. The van der Waals surface area contributed by atoms with Gasteiger partial charge in [-0.2, -0.15) is 0 Å². The highest BCUT2D eigenvalue weighted by atomic mass is 35.5. The van der Waals surface area contributed by atoms with Crippen LogP contribution in [0, 0.1) is 5.82 Å². The van der Waals surface area contributed by atoms with E-state index in [1.807, 2.05) is 11.8 Å². The van der Waals surface area contributed by atoms with Crippen molar-refractivity contribution < 1.29 is 9.18 Å². The molecule has 0 aromatic heterocycles. The van der Waals surface area contributed by atoms with E-state index >= 15 is 0 Å². The number of carbonyl (C=O) groups is 1. The fourth-order valence-electron chi connectivity index (χ4n) is 2.68. The van der Waals surface area contributed by atoms with Crippen LogP contribution in [0.3, 0.4) is 0 Å². The summed E-state index contributed by atoms with van der Waals surface area (Å²) in [6, 6.07) is 2.03. The summed E-state index contributed by atoms with van der Waals surface area (Å²) in [6.45, 7) is 5.24. The third kappa shape index (κ3) is 3.68. The molecule has 116 valence electrons. The molecule has 6 heteroatoms.